The van der Waals surface area contributed by atoms with Gasteiger partial charge in [-0.2, -0.15) is 0 Å². The van der Waals surface area contributed by atoms with Crippen molar-refractivity contribution in [2.45, 2.75) is 19.3 Å². The minimum Gasteiger partial charge on any atom is -0.382 e. The van der Waals surface area contributed by atoms with Crippen LogP contribution in [-0.4, -0.2) is 25.6 Å². The summed E-state index contributed by atoms with van der Waals surface area (Å²) in [6, 6.07) is 5.40. The summed E-state index contributed by atoms with van der Waals surface area (Å²) in [5, 5.41) is 14.1. The van der Waals surface area contributed by atoms with Gasteiger partial charge in [-0.05, 0) is 30.9 Å². The van der Waals surface area contributed by atoms with Crippen LogP contribution in [0.1, 0.15) is 19.3 Å². The zero-order valence-corrected chi connectivity index (χ0v) is 10.8. The minimum absolute atomic E-state index is 0.168. The highest BCUT2D eigenvalue weighted by Gasteiger charge is 2.25. The molecule has 0 saturated heterocycles. The van der Waals surface area contributed by atoms with Crippen molar-refractivity contribution < 1.29 is 4.92 Å². The summed E-state index contributed by atoms with van der Waals surface area (Å²) in [5.41, 5.74) is 1.43. The molecular formula is C13H19N3O2. The van der Waals surface area contributed by atoms with Crippen LogP contribution in [0.25, 0.3) is 0 Å². The fraction of sp³-hybridized carbons (Fsp3) is 0.538. The van der Waals surface area contributed by atoms with E-state index in [1.54, 1.807) is 13.1 Å². The van der Waals surface area contributed by atoms with Gasteiger partial charge in [0, 0.05) is 20.6 Å². The molecule has 1 saturated carbocycles. The quantitative estimate of drug-likeness (QED) is 0.644. The smallest absolute Gasteiger partial charge is 0.315 e. The molecule has 0 heterocycles. The van der Waals surface area contributed by atoms with Crippen LogP contribution in [0.4, 0.5) is 17.1 Å². The molecule has 0 aliphatic heterocycles. The van der Waals surface area contributed by atoms with Crippen LogP contribution in [-0.2, 0) is 0 Å². The van der Waals surface area contributed by atoms with Crippen LogP contribution in [0.15, 0.2) is 18.2 Å². The van der Waals surface area contributed by atoms with E-state index >= 15 is 0 Å². The van der Waals surface area contributed by atoms with Crippen molar-refractivity contribution in [2.75, 3.05) is 30.9 Å². The number of hydrogen-bond donors (Lipinski definition) is 1. The van der Waals surface area contributed by atoms with Crippen molar-refractivity contribution in [3.05, 3.63) is 28.3 Å². The second-order valence-corrected chi connectivity index (χ2v) is 4.86. The first-order valence-corrected chi connectivity index (χ1v) is 6.29. The number of para-hydroxylation sites is 1. The summed E-state index contributed by atoms with van der Waals surface area (Å²) in [4.78, 5) is 12.9. The van der Waals surface area contributed by atoms with Gasteiger partial charge < -0.3 is 10.2 Å². The summed E-state index contributed by atoms with van der Waals surface area (Å²) in [6.07, 6.45) is 3.77. The minimum atomic E-state index is -0.307. The van der Waals surface area contributed by atoms with Gasteiger partial charge in [0.15, 0.2) is 0 Å². The lowest BCUT2D eigenvalue weighted by Crippen LogP contribution is -2.29. The molecule has 98 valence electrons. The van der Waals surface area contributed by atoms with Gasteiger partial charge >= 0.3 is 5.69 Å². The number of nitro groups is 1. The molecular weight excluding hydrogens is 230 g/mol. The van der Waals surface area contributed by atoms with Gasteiger partial charge in [-0.25, -0.2) is 0 Å². The van der Waals surface area contributed by atoms with Crippen LogP contribution in [0.2, 0.25) is 0 Å². The van der Waals surface area contributed by atoms with Crippen LogP contribution in [0.3, 0.4) is 0 Å². The Bertz CT molecular complexity index is 444. The standard InChI is InChI=1S/C13H19N3O2/c1-14-11-7-4-8-12(13(11)16(17)18)15(2)9-10-5-3-6-10/h4,7-8,10,14H,3,5-6,9H2,1-2H3. The fourth-order valence-electron chi connectivity index (χ4n) is 2.39. The molecule has 0 bridgehead atoms. The maximum atomic E-state index is 11.2. The van der Waals surface area contributed by atoms with Crippen molar-refractivity contribution in [1.29, 1.82) is 0 Å². The van der Waals surface area contributed by atoms with Crippen LogP contribution in [0, 0.1) is 16.0 Å². The monoisotopic (exact) mass is 249 g/mol. The Labute approximate surface area is 107 Å². The van der Waals surface area contributed by atoms with E-state index in [0.717, 1.165) is 6.54 Å². The maximum absolute atomic E-state index is 11.2. The Hall–Kier alpha value is -1.78. The van der Waals surface area contributed by atoms with E-state index in [0.29, 0.717) is 17.3 Å². The molecule has 2 rings (SSSR count). The molecule has 5 heteroatoms. The van der Waals surface area contributed by atoms with E-state index in [9.17, 15) is 10.1 Å². The predicted molar refractivity (Wildman–Crippen MR) is 73.3 cm³/mol. The van der Waals surface area contributed by atoms with E-state index in [2.05, 4.69) is 5.32 Å². The van der Waals surface area contributed by atoms with Crippen molar-refractivity contribution in [3.63, 3.8) is 0 Å². The number of rotatable bonds is 5. The number of nitrogens with one attached hydrogen (secondary N) is 1. The molecule has 0 spiro atoms. The van der Waals surface area contributed by atoms with Gasteiger partial charge in [0.05, 0.1) is 4.92 Å². The van der Waals surface area contributed by atoms with Gasteiger partial charge in [0.2, 0.25) is 0 Å². The summed E-state index contributed by atoms with van der Waals surface area (Å²) >= 11 is 0. The normalized spacial score (nSPS) is 15.0. The molecule has 0 amide bonds. The Balaban J connectivity index is 2.27. The molecule has 1 fully saturated rings. The highest BCUT2D eigenvalue weighted by atomic mass is 16.6. The first-order chi connectivity index (χ1) is 8.63. The van der Waals surface area contributed by atoms with E-state index in [4.69, 9.17) is 0 Å². The molecule has 0 unspecified atom stereocenters. The molecule has 0 radical (unpaired) electrons. The lowest BCUT2D eigenvalue weighted by atomic mass is 9.85. The third kappa shape index (κ3) is 2.39. The fourth-order valence-corrected chi connectivity index (χ4v) is 2.39. The lowest BCUT2D eigenvalue weighted by molar-refractivity contribution is -0.383. The second kappa shape index (κ2) is 5.25. The number of hydrogen-bond acceptors (Lipinski definition) is 4. The zero-order valence-electron chi connectivity index (χ0n) is 10.8. The topological polar surface area (TPSA) is 58.4 Å². The number of benzene rings is 1. The highest BCUT2D eigenvalue weighted by molar-refractivity contribution is 5.76. The first-order valence-electron chi connectivity index (χ1n) is 6.29. The van der Waals surface area contributed by atoms with E-state index in [1.165, 1.54) is 19.3 Å². The maximum Gasteiger partial charge on any atom is 0.315 e. The average Bonchev–Trinajstić information content (AvgIpc) is 2.32. The molecule has 18 heavy (non-hydrogen) atoms. The van der Waals surface area contributed by atoms with Crippen LogP contribution < -0.4 is 10.2 Å². The van der Waals surface area contributed by atoms with Crippen molar-refractivity contribution in [3.8, 4) is 0 Å². The van der Waals surface area contributed by atoms with Gasteiger partial charge in [0.25, 0.3) is 0 Å². The van der Waals surface area contributed by atoms with Crippen molar-refractivity contribution in [1.82, 2.24) is 0 Å². The Morgan fingerprint density at radius 3 is 2.72 bits per heavy atom. The molecule has 1 aliphatic carbocycles. The Kier molecular flexibility index (Phi) is 3.69. The lowest BCUT2D eigenvalue weighted by Gasteiger charge is -2.31. The third-order valence-corrected chi connectivity index (χ3v) is 3.63. The average molecular weight is 249 g/mol. The van der Waals surface area contributed by atoms with Crippen molar-refractivity contribution >= 4 is 17.1 Å². The highest BCUT2D eigenvalue weighted by Crippen LogP contribution is 2.36. The van der Waals surface area contributed by atoms with Gasteiger partial charge in [0.1, 0.15) is 11.4 Å². The molecule has 0 aromatic heterocycles. The van der Waals surface area contributed by atoms with Crippen molar-refractivity contribution in [2.24, 2.45) is 5.92 Å². The Morgan fingerprint density at radius 2 is 2.22 bits per heavy atom. The zero-order chi connectivity index (χ0) is 13.1. The second-order valence-electron chi connectivity index (χ2n) is 4.86. The molecule has 0 atom stereocenters. The molecule has 1 aromatic rings. The van der Waals surface area contributed by atoms with Gasteiger partial charge in [-0.3, -0.25) is 10.1 Å². The van der Waals surface area contributed by atoms with Crippen LogP contribution in [0.5, 0.6) is 0 Å². The Morgan fingerprint density at radius 1 is 1.50 bits per heavy atom. The van der Waals surface area contributed by atoms with Gasteiger partial charge in [-0.1, -0.05) is 12.5 Å². The summed E-state index contributed by atoms with van der Waals surface area (Å²) < 4.78 is 0. The van der Waals surface area contributed by atoms with Gasteiger partial charge in [-0.15, -0.1) is 0 Å². The molecule has 1 aliphatic rings. The van der Waals surface area contributed by atoms with E-state index in [-0.39, 0.29) is 10.6 Å². The molecule has 1 aromatic carbocycles. The third-order valence-electron chi connectivity index (χ3n) is 3.63. The first kappa shape index (κ1) is 12.7. The number of anilines is 2. The summed E-state index contributed by atoms with van der Waals surface area (Å²) in [7, 11) is 3.64. The van der Waals surface area contributed by atoms with E-state index in [1.807, 2.05) is 24.1 Å². The molecule has 1 N–H and O–H groups in total. The SMILES string of the molecule is CNc1cccc(N(C)CC2CCC2)c1[N+](=O)[O-]. The molecule has 5 nitrogen and oxygen atoms in total. The van der Waals surface area contributed by atoms with E-state index < -0.39 is 0 Å². The number of nitrogens with zero attached hydrogens (tertiary/aromatic N) is 2. The predicted octanol–water partition coefficient (Wildman–Crippen LogP) is 2.87. The number of nitro benzene ring substituents is 1. The largest absolute Gasteiger partial charge is 0.382 e. The summed E-state index contributed by atoms with van der Waals surface area (Å²) in [5.74, 6) is 0.688. The van der Waals surface area contributed by atoms with Crippen LogP contribution >= 0.6 is 0 Å². The summed E-state index contributed by atoms with van der Waals surface area (Å²) in [6.45, 7) is 0.897.